The Bertz CT molecular complexity index is 445. The maximum Gasteiger partial charge on any atom is 0.323 e. The van der Waals surface area contributed by atoms with E-state index < -0.39 is 0 Å². The summed E-state index contributed by atoms with van der Waals surface area (Å²) in [6.45, 7) is 5.68. The van der Waals surface area contributed by atoms with Gasteiger partial charge in [0.15, 0.2) is 0 Å². The van der Waals surface area contributed by atoms with Crippen molar-refractivity contribution in [1.82, 2.24) is 19.9 Å². The molecule has 1 aliphatic rings. The molecule has 0 atom stereocenters. The van der Waals surface area contributed by atoms with Crippen molar-refractivity contribution < 1.29 is 4.74 Å². The normalized spacial score (nSPS) is 16.5. The largest absolute Gasteiger partial charge is 0.463 e. The van der Waals surface area contributed by atoms with Crippen molar-refractivity contribution in [1.29, 1.82) is 0 Å². The van der Waals surface area contributed by atoms with Crippen LogP contribution in [-0.4, -0.2) is 60.2 Å². The molecule has 118 valence electrons. The first-order valence-electron chi connectivity index (χ1n) is 7.62. The summed E-state index contributed by atoms with van der Waals surface area (Å²) in [7, 11) is 4.24. The Hall–Kier alpha value is -1.63. The minimum Gasteiger partial charge on any atom is -0.463 e. The van der Waals surface area contributed by atoms with Gasteiger partial charge in [-0.3, -0.25) is 0 Å². The van der Waals surface area contributed by atoms with Gasteiger partial charge in [0.2, 0.25) is 11.9 Å². The van der Waals surface area contributed by atoms with Gasteiger partial charge >= 0.3 is 6.01 Å². The lowest BCUT2D eigenvalue weighted by molar-refractivity contribution is 0.281. The topological polar surface area (TPSA) is 80.4 Å². The number of piperidine rings is 1. The highest BCUT2D eigenvalue weighted by molar-refractivity contribution is 5.36. The molecule has 1 aromatic heterocycles. The van der Waals surface area contributed by atoms with Gasteiger partial charge in [-0.05, 0) is 39.3 Å². The molecule has 0 aliphatic carbocycles. The van der Waals surface area contributed by atoms with Crippen molar-refractivity contribution in [3.8, 4) is 6.01 Å². The molecule has 2 rings (SSSR count). The average Bonchev–Trinajstić information content (AvgIpc) is 2.44. The second-order valence-corrected chi connectivity index (χ2v) is 5.82. The van der Waals surface area contributed by atoms with Crippen LogP contribution in [0, 0.1) is 5.92 Å². The zero-order valence-corrected chi connectivity index (χ0v) is 13.2. The number of hydrogen-bond donors (Lipinski definition) is 1. The van der Waals surface area contributed by atoms with Gasteiger partial charge in [-0.25, -0.2) is 0 Å². The van der Waals surface area contributed by atoms with E-state index in [4.69, 9.17) is 10.5 Å². The maximum atomic E-state index is 5.76. The van der Waals surface area contributed by atoms with Crippen molar-refractivity contribution in [3.05, 3.63) is 0 Å². The second kappa shape index (κ2) is 7.40. The summed E-state index contributed by atoms with van der Waals surface area (Å²) < 4.78 is 5.47. The third-order valence-corrected chi connectivity index (χ3v) is 3.58. The van der Waals surface area contributed by atoms with E-state index in [9.17, 15) is 0 Å². The molecule has 21 heavy (non-hydrogen) atoms. The summed E-state index contributed by atoms with van der Waals surface area (Å²) in [5.74, 6) is 1.60. The average molecular weight is 294 g/mol. The first kappa shape index (κ1) is 15.8. The van der Waals surface area contributed by atoms with Gasteiger partial charge in [0, 0.05) is 19.6 Å². The number of nitrogen functional groups attached to an aromatic ring is 1. The Morgan fingerprint density at radius 2 is 1.95 bits per heavy atom. The van der Waals surface area contributed by atoms with Crippen LogP contribution in [0.15, 0.2) is 0 Å². The smallest absolute Gasteiger partial charge is 0.323 e. The molecular weight excluding hydrogens is 268 g/mol. The number of nitrogens with two attached hydrogens (primary N) is 1. The fourth-order valence-electron chi connectivity index (χ4n) is 2.59. The summed E-state index contributed by atoms with van der Waals surface area (Å²) in [4.78, 5) is 17.1. The Labute approximate surface area is 126 Å². The Morgan fingerprint density at radius 3 is 2.57 bits per heavy atom. The molecule has 0 saturated carbocycles. The second-order valence-electron chi connectivity index (χ2n) is 5.82. The maximum absolute atomic E-state index is 5.76. The number of ether oxygens (including phenoxy) is 1. The lowest BCUT2D eigenvalue weighted by Crippen LogP contribution is -2.38. The first-order valence-corrected chi connectivity index (χ1v) is 7.62. The van der Waals surface area contributed by atoms with Crippen LogP contribution >= 0.6 is 0 Å². The van der Waals surface area contributed by atoms with Gasteiger partial charge in [0.25, 0.3) is 0 Å². The highest BCUT2D eigenvalue weighted by Crippen LogP contribution is 2.22. The molecule has 1 aliphatic heterocycles. The fraction of sp³-hybridized carbons (Fsp3) is 0.786. The number of hydrogen-bond acceptors (Lipinski definition) is 7. The molecule has 1 aromatic rings. The minimum atomic E-state index is 0.224. The first-order chi connectivity index (χ1) is 10.1. The standard InChI is InChI=1S/C14H26N6O/c1-4-9-21-14-17-12(15)16-13(18-14)20-7-5-11(6-8-20)10-19(2)3/h11H,4-10H2,1-3H3,(H2,15,16,17,18). The van der Waals surface area contributed by atoms with Crippen LogP contribution in [0.4, 0.5) is 11.9 Å². The molecule has 2 N–H and O–H groups in total. The van der Waals surface area contributed by atoms with Crippen LogP contribution in [0.3, 0.4) is 0 Å². The number of nitrogens with zero attached hydrogens (tertiary/aromatic N) is 5. The quantitative estimate of drug-likeness (QED) is 0.839. The van der Waals surface area contributed by atoms with Gasteiger partial charge in [0.1, 0.15) is 0 Å². The number of anilines is 2. The SMILES string of the molecule is CCCOc1nc(N)nc(N2CCC(CN(C)C)CC2)n1. The van der Waals surface area contributed by atoms with Crippen LogP contribution in [0.2, 0.25) is 0 Å². The van der Waals surface area contributed by atoms with Gasteiger partial charge in [-0.15, -0.1) is 0 Å². The molecule has 0 unspecified atom stereocenters. The summed E-state index contributed by atoms with van der Waals surface area (Å²) in [5, 5.41) is 0. The molecule has 0 bridgehead atoms. The van der Waals surface area contributed by atoms with Gasteiger partial charge in [-0.1, -0.05) is 6.92 Å². The molecule has 1 fully saturated rings. The Morgan fingerprint density at radius 1 is 1.24 bits per heavy atom. The van der Waals surface area contributed by atoms with Crippen LogP contribution in [0.25, 0.3) is 0 Å². The van der Waals surface area contributed by atoms with Crippen molar-refractivity contribution >= 4 is 11.9 Å². The van der Waals surface area contributed by atoms with E-state index in [1.807, 2.05) is 6.92 Å². The van der Waals surface area contributed by atoms with Crippen molar-refractivity contribution in [2.45, 2.75) is 26.2 Å². The van der Waals surface area contributed by atoms with Gasteiger partial charge in [0.05, 0.1) is 6.61 Å². The molecule has 0 aromatic carbocycles. The van der Waals surface area contributed by atoms with Crippen LogP contribution in [0.1, 0.15) is 26.2 Å². The van der Waals surface area contributed by atoms with E-state index in [-0.39, 0.29) is 5.95 Å². The molecular formula is C14H26N6O. The van der Waals surface area contributed by atoms with E-state index in [1.54, 1.807) is 0 Å². The third kappa shape index (κ3) is 4.70. The molecule has 0 spiro atoms. The molecule has 0 radical (unpaired) electrons. The van der Waals surface area contributed by atoms with Crippen LogP contribution in [0.5, 0.6) is 6.01 Å². The van der Waals surface area contributed by atoms with E-state index >= 15 is 0 Å². The summed E-state index contributed by atoms with van der Waals surface area (Å²) in [5.41, 5.74) is 5.76. The van der Waals surface area contributed by atoms with Gasteiger partial charge in [-0.2, -0.15) is 15.0 Å². The van der Waals surface area contributed by atoms with E-state index in [0.717, 1.165) is 44.8 Å². The van der Waals surface area contributed by atoms with Crippen molar-refractivity contribution in [2.24, 2.45) is 5.92 Å². The predicted molar refractivity (Wildman–Crippen MR) is 83.5 cm³/mol. The highest BCUT2D eigenvalue weighted by atomic mass is 16.5. The fourth-order valence-corrected chi connectivity index (χ4v) is 2.59. The summed E-state index contributed by atoms with van der Waals surface area (Å²) >= 11 is 0. The van der Waals surface area contributed by atoms with E-state index in [2.05, 4.69) is 38.8 Å². The van der Waals surface area contributed by atoms with Crippen LogP contribution in [-0.2, 0) is 0 Å². The van der Waals surface area contributed by atoms with Gasteiger partial charge < -0.3 is 20.3 Å². The van der Waals surface area contributed by atoms with E-state index in [1.165, 1.54) is 0 Å². The van der Waals surface area contributed by atoms with E-state index in [0.29, 0.717) is 18.6 Å². The minimum absolute atomic E-state index is 0.224. The lowest BCUT2D eigenvalue weighted by Gasteiger charge is -2.33. The molecule has 1 saturated heterocycles. The number of aromatic nitrogens is 3. The summed E-state index contributed by atoms with van der Waals surface area (Å²) in [6, 6.07) is 0.328. The Balaban J connectivity index is 1.97. The molecule has 7 heteroatoms. The van der Waals surface area contributed by atoms with Crippen molar-refractivity contribution in [3.63, 3.8) is 0 Å². The number of rotatable bonds is 6. The molecule has 0 amide bonds. The molecule has 7 nitrogen and oxygen atoms in total. The zero-order chi connectivity index (χ0) is 15.2. The molecule has 2 heterocycles. The third-order valence-electron chi connectivity index (χ3n) is 3.58. The Kier molecular flexibility index (Phi) is 5.55. The van der Waals surface area contributed by atoms with Crippen LogP contribution < -0.4 is 15.4 Å². The highest BCUT2D eigenvalue weighted by Gasteiger charge is 2.22. The monoisotopic (exact) mass is 294 g/mol. The summed E-state index contributed by atoms with van der Waals surface area (Å²) in [6.07, 6.45) is 3.21. The zero-order valence-electron chi connectivity index (χ0n) is 13.2. The predicted octanol–water partition coefficient (Wildman–Crippen LogP) is 1.02. The lowest BCUT2D eigenvalue weighted by atomic mass is 9.97. The van der Waals surface area contributed by atoms with Crippen molar-refractivity contribution in [2.75, 3.05) is 51.0 Å².